The highest BCUT2D eigenvalue weighted by Gasteiger charge is 1.99. The first-order valence-electron chi connectivity index (χ1n) is 4.09. The van der Waals surface area contributed by atoms with Crippen LogP contribution >= 0.6 is 0 Å². The van der Waals surface area contributed by atoms with Gasteiger partial charge in [-0.1, -0.05) is 18.7 Å². The van der Waals surface area contributed by atoms with Gasteiger partial charge in [-0.15, -0.1) is 0 Å². The number of benzene rings is 1. The Labute approximate surface area is 78.9 Å². The summed E-state index contributed by atoms with van der Waals surface area (Å²) < 4.78 is 0. The van der Waals surface area contributed by atoms with Crippen LogP contribution in [0.5, 0.6) is 0 Å². The molecule has 4 nitrogen and oxygen atoms in total. The summed E-state index contributed by atoms with van der Waals surface area (Å²) in [5.74, 6) is 0. The summed E-state index contributed by atoms with van der Waals surface area (Å²) >= 11 is 0. The summed E-state index contributed by atoms with van der Waals surface area (Å²) in [6, 6.07) is 5.13. The fourth-order valence-electron chi connectivity index (χ4n) is 1.31. The van der Waals surface area contributed by atoms with Gasteiger partial charge in [-0.3, -0.25) is 9.78 Å². The smallest absolute Gasteiger partial charge is 0.307 e. The number of hydrogen-bond acceptors (Lipinski definition) is 2. The van der Waals surface area contributed by atoms with Crippen molar-refractivity contribution in [3.05, 3.63) is 51.2 Å². The molecule has 1 aromatic carbocycles. The third-order valence-electron chi connectivity index (χ3n) is 2.00. The number of hydrogen-bond donors (Lipinski definition) is 2. The molecule has 14 heavy (non-hydrogen) atoms. The number of rotatable bonds is 1. The minimum absolute atomic E-state index is 0.376. The predicted octanol–water partition coefficient (Wildman–Crippen LogP) is 0.859. The molecule has 1 heterocycles. The Morgan fingerprint density at radius 3 is 2.71 bits per heavy atom. The van der Waals surface area contributed by atoms with Crippen molar-refractivity contribution in [3.8, 4) is 0 Å². The van der Waals surface area contributed by atoms with Crippen molar-refractivity contribution in [2.45, 2.75) is 0 Å². The van der Waals surface area contributed by atoms with E-state index in [-0.39, 0.29) is 5.56 Å². The van der Waals surface area contributed by atoms with E-state index in [0.717, 1.165) is 5.56 Å². The first-order valence-corrected chi connectivity index (χ1v) is 4.09. The molecule has 0 aliphatic carbocycles. The van der Waals surface area contributed by atoms with Gasteiger partial charge in [-0.05, 0) is 17.7 Å². The predicted molar refractivity (Wildman–Crippen MR) is 55.3 cm³/mol. The van der Waals surface area contributed by atoms with Crippen LogP contribution in [0, 0.1) is 0 Å². The molecule has 1 aromatic heterocycles. The minimum Gasteiger partial charge on any atom is -0.307 e. The summed E-state index contributed by atoms with van der Waals surface area (Å²) in [5, 5.41) is 0.468. The lowest BCUT2D eigenvalue weighted by Gasteiger charge is -1.97. The van der Waals surface area contributed by atoms with Gasteiger partial charge in [0.05, 0.1) is 10.9 Å². The normalized spacial score (nSPS) is 10.3. The van der Waals surface area contributed by atoms with Crippen LogP contribution in [0.15, 0.2) is 34.4 Å². The van der Waals surface area contributed by atoms with E-state index in [1.165, 1.54) is 0 Å². The van der Waals surface area contributed by atoms with Crippen molar-refractivity contribution in [2.24, 2.45) is 0 Å². The zero-order chi connectivity index (χ0) is 10.1. The van der Waals surface area contributed by atoms with Gasteiger partial charge in [0, 0.05) is 0 Å². The molecule has 0 aliphatic heterocycles. The highest BCUT2D eigenvalue weighted by atomic mass is 16.2. The molecule has 2 aromatic rings. The SMILES string of the molecule is C=Cc1ccc2c(=O)[nH]c(=O)[nH]c2c1. The third kappa shape index (κ3) is 1.26. The van der Waals surface area contributed by atoms with Gasteiger partial charge in [-0.25, -0.2) is 4.79 Å². The van der Waals surface area contributed by atoms with Crippen LogP contribution in [0.25, 0.3) is 17.0 Å². The molecule has 0 spiro atoms. The first kappa shape index (κ1) is 8.50. The monoisotopic (exact) mass is 188 g/mol. The van der Waals surface area contributed by atoms with E-state index >= 15 is 0 Å². The molecular weight excluding hydrogens is 180 g/mol. The van der Waals surface area contributed by atoms with Gasteiger partial charge in [0.15, 0.2) is 0 Å². The molecule has 0 atom stereocenters. The second-order valence-corrected chi connectivity index (χ2v) is 2.92. The lowest BCUT2D eigenvalue weighted by atomic mass is 10.1. The van der Waals surface area contributed by atoms with Crippen LogP contribution in [-0.2, 0) is 0 Å². The molecular formula is C10H8N2O2. The maximum absolute atomic E-state index is 11.3. The third-order valence-corrected chi connectivity index (χ3v) is 2.00. The molecule has 70 valence electrons. The number of aromatic amines is 2. The van der Waals surface area contributed by atoms with E-state index in [9.17, 15) is 9.59 Å². The zero-order valence-corrected chi connectivity index (χ0v) is 7.33. The second kappa shape index (κ2) is 2.99. The Hall–Kier alpha value is -2.10. The lowest BCUT2D eigenvalue weighted by molar-refractivity contribution is 1.08. The van der Waals surface area contributed by atoms with Crippen LogP contribution in [0.3, 0.4) is 0 Å². The minimum atomic E-state index is -0.497. The second-order valence-electron chi connectivity index (χ2n) is 2.92. The van der Waals surface area contributed by atoms with E-state index < -0.39 is 5.69 Å². The van der Waals surface area contributed by atoms with Crippen LogP contribution in [-0.4, -0.2) is 9.97 Å². The summed E-state index contributed by atoms with van der Waals surface area (Å²) in [4.78, 5) is 27.0. The van der Waals surface area contributed by atoms with Crippen molar-refractivity contribution in [3.63, 3.8) is 0 Å². The van der Waals surface area contributed by atoms with E-state index in [1.54, 1.807) is 24.3 Å². The van der Waals surface area contributed by atoms with Crippen LogP contribution in [0.4, 0.5) is 0 Å². The number of H-pyrrole nitrogens is 2. The molecule has 2 N–H and O–H groups in total. The van der Waals surface area contributed by atoms with Gasteiger partial charge < -0.3 is 4.98 Å². The Kier molecular flexibility index (Phi) is 1.81. The largest absolute Gasteiger partial charge is 0.326 e. The molecule has 0 aliphatic rings. The van der Waals surface area contributed by atoms with Crippen LogP contribution in [0.1, 0.15) is 5.56 Å². The van der Waals surface area contributed by atoms with E-state index in [4.69, 9.17) is 0 Å². The molecule has 0 bridgehead atoms. The Bertz CT molecular complexity index is 607. The number of nitrogens with one attached hydrogen (secondary N) is 2. The highest BCUT2D eigenvalue weighted by Crippen LogP contribution is 2.08. The molecule has 0 amide bonds. The standard InChI is InChI=1S/C10H8N2O2/c1-2-6-3-4-7-8(5-6)11-10(14)12-9(7)13/h2-5H,1H2,(H2,11,12,13,14). The molecule has 0 saturated carbocycles. The topological polar surface area (TPSA) is 65.7 Å². The van der Waals surface area contributed by atoms with Gasteiger partial charge in [0.2, 0.25) is 0 Å². The molecule has 0 fully saturated rings. The quantitative estimate of drug-likeness (QED) is 0.697. The van der Waals surface area contributed by atoms with E-state index in [0.29, 0.717) is 10.9 Å². The maximum atomic E-state index is 11.3. The summed E-state index contributed by atoms with van der Waals surface area (Å²) in [5.41, 5.74) is 0.512. The van der Waals surface area contributed by atoms with E-state index in [2.05, 4.69) is 16.5 Å². The van der Waals surface area contributed by atoms with Gasteiger partial charge in [0.1, 0.15) is 0 Å². The average molecular weight is 188 g/mol. The van der Waals surface area contributed by atoms with Crippen molar-refractivity contribution in [1.29, 1.82) is 0 Å². The van der Waals surface area contributed by atoms with Gasteiger partial charge in [0.25, 0.3) is 5.56 Å². The lowest BCUT2D eigenvalue weighted by Crippen LogP contribution is -2.21. The maximum Gasteiger partial charge on any atom is 0.326 e. The summed E-state index contributed by atoms with van der Waals surface area (Å²) in [6.07, 6.45) is 1.65. The van der Waals surface area contributed by atoms with Crippen molar-refractivity contribution in [1.82, 2.24) is 9.97 Å². The Morgan fingerprint density at radius 1 is 1.21 bits per heavy atom. The first-order chi connectivity index (χ1) is 6.70. The number of fused-ring (bicyclic) bond motifs is 1. The van der Waals surface area contributed by atoms with Crippen molar-refractivity contribution < 1.29 is 0 Å². The fourth-order valence-corrected chi connectivity index (χ4v) is 1.31. The molecule has 0 radical (unpaired) electrons. The van der Waals surface area contributed by atoms with Crippen molar-refractivity contribution in [2.75, 3.05) is 0 Å². The van der Waals surface area contributed by atoms with Crippen LogP contribution in [0.2, 0.25) is 0 Å². The summed E-state index contributed by atoms with van der Waals surface area (Å²) in [7, 11) is 0. The van der Waals surface area contributed by atoms with Crippen molar-refractivity contribution >= 4 is 17.0 Å². The average Bonchev–Trinajstić information content (AvgIpc) is 2.16. The molecule has 0 unspecified atom stereocenters. The Morgan fingerprint density at radius 2 is 2.00 bits per heavy atom. The Balaban J connectivity index is 2.95. The summed E-state index contributed by atoms with van der Waals surface area (Å²) in [6.45, 7) is 3.60. The number of aromatic nitrogens is 2. The fraction of sp³-hybridized carbons (Fsp3) is 0. The molecule has 0 saturated heterocycles. The van der Waals surface area contributed by atoms with Gasteiger partial charge in [-0.2, -0.15) is 0 Å². The van der Waals surface area contributed by atoms with E-state index in [1.807, 2.05) is 0 Å². The molecule has 2 rings (SSSR count). The van der Waals surface area contributed by atoms with Crippen LogP contribution < -0.4 is 11.2 Å². The van der Waals surface area contributed by atoms with Gasteiger partial charge >= 0.3 is 5.69 Å². The highest BCUT2D eigenvalue weighted by molar-refractivity contribution is 5.79. The molecule has 4 heteroatoms. The zero-order valence-electron chi connectivity index (χ0n) is 7.33.